The maximum atomic E-state index is 6.00. The van der Waals surface area contributed by atoms with Crippen molar-refractivity contribution in [1.29, 1.82) is 0 Å². The normalized spacial score (nSPS) is 16.3. The van der Waals surface area contributed by atoms with Crippen molar-refractivity contribution in [2.45, 2.75) is 6.10 Å². The van der Waals surface area contributed by atoms with Gasteiger partial charge in [0.25, 0.3) is 0 Å². The van der Waals surface area contributed by atoms with Gasteiger partial charge in [0.2, 0.25) is 0 Å². The summed E-state index contributed by atoms with van der Waals surface area (Å²) in [5.74, 6) is 2.31. The molecule has 1 N–H and O–H groups in total. The summed E-state index contributed by atoms with van der Waals surface area (Å²) in [6, 6.07) is 13.2. The van der Waals surface area contributed by atoms with Crippen LogP contribution in [0.2, 0.25) is 5.02 Å². The lowest BCUT2D eigenvalue weighted by Crippen LogP contribution is -2.35. The van der Waals surface area contributed by atoms with Crippen molar-refractivity contribution in [2.24, 2.45) is 0 Å². The molecule has 1 atom stereocenters. The summed E-state index contributed by atoms with van der Waals surface area (Å²) in [5, 5.41) is 4.89. The molecule has 116 valence electrons. The number of rotatable bonds is 3. The highest BCUT2D eigenvalue weighted by Gasteiger charge is 2.20. The third-order valence-electron chi connectivity index (χ3n) is 3.66. The first kappa shape index (κ1) is 14.1. The van der Waals surface area contributed by atoms with Crippen molar-refractivity contribution in [3.05, 3.63) is 53.8 Å². The highest BCUT2D eigenvalue weighted by atomic mass is 35.5. The van der Waals surface area contributed by atoms with Crippen LogP contribution >= 0.6 is 11.6 Å². The number of nitrogens with zero attached hydrogens (tertiary/aromatic N) is 2. The van der Waals surface area contributed by atoms with Gasteiger partial charge >= 0.3 is 0 Å². The van der Waals surface area contributed by atoms with Crippen LogP contribution < -0.4 is 14.8 Å². The van der Waals surface area contributed by atoms with Gasteiger partial charge in [-0.05, 0) is 30.3 Å². The van der Waals surface area contributed by atoms with Gasteiger partial charge in [-0.15, -0.1) is 0 Å². The van der Waals surface area contributed by atoms with Crippen LogP contribution in [-0.4, -0.2) is 29.2 Å². The molecule has 1 aliphatic heterocycles. The van der Waals surface area contributed by atoms with Crippen molar-refractivity contribution < 1.29 is 9.47 Å². The Kier molecular flexibility index (Phi) is 3.63. The summed E-state index contributed by atoms with van der Waals surface area (Å²) in [5.41, 5.74) is 0.807. The molecule has 3 aromatic rings. The fraction of sp³-hybridized carbons (Fsp3) is 0.176. The van der Waals surface area contributed by atoms with Crippen LogP contribution in [0.4, 0.5) is 5.82 Å². The van der Waals surface area contributed by atoms with E-state index in [0.29, 0.717) is 18.2 Å². The second-order valence-electron chi connectivity index (χ2n) is 5.26. The summed E-state index contributed by atoms with van der Waals surface area (Å²) < 4.78 is 11.6. The molecule has 0 spiro atoms. The number of fused-ring (bicyclic) bond motifs is 2. The van der Waals surface area contributed by atoms with Crippen LogP contribution in [0.5, 0.6) is 11.5 Å². The van der Waals surface area contributed by atoms with Crippen LogP contribution in [0.3, 0.4) is 0 Å². The largest absolute Gasteiger partial charge is 0.486 e. The van der Waals surface area contributed by atoms with Gasteiger partial charge in [0.15, 0.2) is 11.5 Å². The van der Waals surface area contributed by atoms with E-state index in [9.17, 15) is 0 Å². The third kappa shape index (κ3) is 2.87. The Morgan fingerprint density at radius 2 is 2.00 bits per heavy atom. The van der Waals surface area contributed by atoms with Gasteiger partial charge in [-0.1, -0.05) is 23.7 Å². The quantitative estimate of drug-likeness (QED) is 0.797. The minimum Gasteiger partial charge on any atom is -0.486 e. The van der Waals surface area contributed by atoms with Gasteiger partial charge in [-0.2, -0.15) is 0 Å². The standard InChI is InChI=1S/C17H14ClN3O2/c18-11-5-6-13-14(7-11)20-10-21-17(13)19-8-12-9-22-15-3-1-2-4-16(15)23-12/h1-7,10,12H,8-9H2,(H,19,20,21)/t12-/m0/s1. The molecule has 0 aliphatic carbocycles. The average Bonchev–Trinajstić information content (AvgIpc) is 2.59. The predicted molar refractivity (Wildman–Crippen MR) is 89.4 cm³/mol. The number of benzene rings is 2. The lowest BCUT2D eigenvalue weighted by Gasteiger charge is -2.26. The molecule has 0 radical (unpaired) electrons. The monoisotopic (exact) mass is 327 g/mol. The smallest absolute Gasteiger partial charge is 0.161 e. The number of halogens is 1. The van der Waals surface area contributed by atoms with E-state index in [1.165, 1.54) is 6.33 Å². The van der Waals surface area contributed by atoms with Gasteiger partial charge in [-0.3, -0.25) is 0 Å². The molecule has 23 heavy (non-hydrogen) atoms. The lowest BCUT2D eigenvalue weighted by atomic mass is 10.2. The second kappa shape index (κ2) is 5.93. The zero-order chi connectivity index (χ0) is 15.6. The minimum absolute atomic E-state index is 0.0813. The van der Waals surface area contributed by atoms with Crippen LogP contribution in [0.15, 0.2) is 48.8 Å². The maximum absolute atomic E-state index is 6.00. The van der Waals surface area contributed by atoms with Gasteiger partial charge in [0, 0.05) is 10.4 Å². The van der Waals surface area contributed by atoms with Crippen molar-refractivity contribution in [2.75, 3.05) is 18.5 Å². The van der Waals surface area contributed by atoms with E-state index in [1.807, 2.05) is 42.5 Å². The topological polar surface area (TPSA) is 56.3 Å². The molecule has 0 saturated carbocycles. The van der Waals surface area contributed by atoms with Gasteiger partial charge in [0.05, 0.1) is 12.1 Å². The molecule has 1 aliphatic rings. The Morgan fingerprint density at radius 3 is 2.91 bits per heavy atom. The Morgan fingerprint density at radius 1 is 1.13 bits per heavy atom. The molecular formula is C17H14ClN3O2. The van der Waals surface area contributed by atoms with E-state index in [4.69, 9.17) is 21.1 Å². The Bertz CT molecular complexity index is 856. The summed E-state index contributed by atoms with van der Waals surface area (Å²) in [6.07, 6.45) is 1.44. The van der Waals surface area contributed by atoms with Gasteiger partial charge in [0.1, 0.15) is 24.9 Å². The van der Waals surface area contributed by atoms with E-state index in [-0.39, 0.29) is 6.10 Å². The fourth-order valence-electron chi connectivity index (χ4n) is 2.55. The molecule has 1 aromatic heterocycles. The highest BCUT2D eigenvalue weighted by Crippen LogP contribution is 2.31. The van der Waals surface area contributed by atoms with Crippen molar-refractivity contribution in [3.8, 4) is 11.5 Å². The third-order valence-corrected chi connectivity index (χ3v) is 3.90. The Balaban J connectivity index is 1.50. The summed E-state index contributed by atoms with van der Waals surface area (Å²) in [6.45, 7) is 1.09. The molecule has 5 nitrogen and oxygen atoms in total. The van der Waals surface area contributed by atoms with Gasteiger partial charge < -0.3 is 14.8 Å². The van der Waals surface area contributed by atoms with Crippen LogP contribution in [-0.2, 0) is 0 Å². The number of ether oxygens (including phenoxy) is 2. The summed E-state index contributed by atoms with van der Waals surface area (Å²) in [7, 11) is 0. The molecule has 2 heterocycles. The van der Waals surface area contributed by atoms with E-state index >= 15 is 0 Å². The first-order chi connectivity index (χ1) is 11.3. The number of hydrogen-bond donors (Lipinski definition) is 1. The SMILES string of the molecule is Clc1ccc2c(NC[C@H]3COc4ccccc4O3)ncnc2c1. The van der Waals surface area contributed by atoms with Gasteiger partial charge in [-0.25, -0.2) is 9.97 Å². The van der Waals surface area contributed by atoms with Crippen molar-refractivity contribution in [3.63, 3.8) is 0 Å². The molecular weight excluding hydrogens is 314 g/mol. The Hall–Kier alpha value is -2.53. The molecule has 6 heteroatoms. The first-order valence-corrected chi connectivity index (χ1v) is 7.70. The summed E-state index contributed by atoms with van der Waals surface area (Å²) in [4.78, 5) is 8.54. The van der Waals surface area contributed by atoms with Crippen LogP contribution in [0.25, 0.3) is 10.9 Å². The lowest BCUT2D eigenvalue weighted by molar-refractivity contribution is 0.0997. The first-order valence-electron chi connectivity index (χ1n) is 7.32. The number of para-hydroxylation sites is 2. The molecule has 0 amide bonds. The number of aromatic nitrogens is 2. The molecule has 0 bridgehead atoms. The fourth-order valence-corrected chi connectivity index (χ4v) is 2.71. The second-order valence-corrected chi connectivity index (χ2v) is 5.70. The molecule has 4 rings (SSSR count). The van der Waals surface area contributed by atoms with E-state index in [1.54, 1.807) is 0 Å². The van der Waals surface area contributed by atoms with Crippen molar-refractivity contribution in [1.82, 2.24) is 9.97 Å². The zero-order valence-electron chi connectivity index (χ0n) is 12.2. The molecule has 0 saturated heterocycles. The van der Waals surface area contributed by atoms with E-state index in [0.717, 1.165) is 28.2 Å². The molecule has 0 unspecified atom stereocenters. The number of anilines is 1. The minimum atomic E-state index is -0.0813. The summed E-state index contributed by atoms with van der Waals surface area (Å²) >= 11 is 6.00. The van der Waals surface area contributed by atoms with Crippen LogP contribution in [0, 0.1) is 0 Å². The van der Waals surface area contributed by atoms with E-state index < -0.39 is 0 Å². The Labute approximate surface area is 138 Å². The van der Waals surface area contributed by atoms with E-state index in [2.05, 4.69) is 15.3 Å². The predicted octanol–water partition coefficient (Wildman–Crippen LogP) is 3.54. The number of hydrogen-bond acceptors (Lipinski definition) is 5. The maximum Gasteiger partial charge on any atom is 0.161 e. The van der Waals surface area contributed by atoms with Crippen molar-refractivity contribution >= 4 is 28.3 Å². The van der Waals surface area contributed by atoms with Crippen LogP contribution in [0.1, 0.15) is 0 Å². The molecule has 2 aromatic carbocycles. The molecule has 0 fully saturated rings. The highest BCUT2D eigenvalue weighted by molar-refractivity contribution is 6.31. The average molecular weight is 328 g/mol. The number of nitrogens with one attached hydrogen (secondary N) is 1. The zero-order valence-corrected chi connectivity index (χ0v) is 13.0.